The number of nitrogens with zero attached hydrogens (tertiary/aromatic N) is 2. The molecule has 0 amide bonds. The summed E-state index contributed by atoms with van der Waals surface area (Å²) in [4.78, 5) is 29.0. The second kappa shape index (κ2) is 9.37. The number of fused-ring (bicyclic) bond motifs is 1. The van der Waals surface area contributed by atoms with Gasteiger partial charge in [-0.25, -0.2) is 9.59 Å². The maximum Gasteiger partial charge on any atom is 0.419 e. The summed E-state index contributed by atoms with van der Waals surface area (Å²) < 4.78 is 13.3. The van der Waals surface area contributed by atoms with Crippen LogP contribution in [0.1, 0.15) is 22.3 Å². The Kier molecular flexibility index (Phi) is 6.41. The number of oxazole rings is 1. The fourth-order valence-electron chi connectivity index (χ4n) is 3.08. The molecule has 6 nitrogen and oxygen atoms in total. The summed E-state index contributed by atoms with van der Waals surface area (Å²) in [6.07, 6.45) is 0.527. The van der Waals surface area contributed by atoms with Gasteiger partial charge in [0.25, 0.3) is 0 Å². The van der Waals surface area contributed by atoms with Gasteiger partial charge in [-0.2, -0.15) is 0 Å². The van der Waals surface area contributed by atoms with Gasteiger partial charge in [0.2, 0.25) is 0 Å². The average molecular weight is 429 g/mol. The molecule has 1 aliphatic heterocycles. The molecule has 0 spiro atoms. The Balaban J connectivity index is 1.33. The minimum atomic E-state index is -0.396. The molecule has 3 aromatic rings. The van der Waals surface area contributed by atoms with E-state index in [1.165, 1.54) is 0 Å². The van der Waals surface area contributed by atoms with E-state index in [-0.39, 0.29) is 12.6 Å². The molecule has 29 heavy (non-hydrogen) atoms. The molecule has 1 aromatic heterocycles. The van der Waals surface area contributed by atoms with E-state index in [1.54, 1.807) is 40.2 Å². The van der Waals surface area contributed by atoms with Crippen molar-refractivity contribution in [2.24, 2.45) is 4.99 Å². The van der Waals surface area contributed by atoms with Crippen molar-refractivity contribution in [3.63, 3.8) is 0 Å². The molecular weight excluding hydrogens is 408 g/mol. The highest BCUT2D eigenvalue weighted by Crippen LogP contribution is 2.26. The highest BCUT2D eigenvalue weighted by atomic mass is 32.2. The summed E-state index contributed by atoms with van der Waals surface area (Å²) in [5.74, 6) is 0.980. The lowest BCUT2D eigenvalue weighted by molar-refractivity contribution is 0.0495. The molecule has 8 heteroatoms. The number of aromatic nitrogens is 1. The Morgan fingerprint density at radius 1 is 1.21 bits per heavy atom. The van der Waals surface area contributed by atoms with E-state index in [0.29, 0.717) is 29.9 Å². The topological polar surface area (TPSA) is 73.8 Å². The first-order chi connectivity index (χ1) is 14.2. The van der Waals surface area contributed by atoms with Gasteiger partial charge in [-0.1, -0.05) is 53.9 Å². The molecule has 0 atom stereocenters. The van der Waals surface area contributed by atoms with E-state index < -0.39 is 5.76 Å². The summed E-state index contributed by atoms with van der Waals surface area (Å²) in [5, 5.41) is 0. The van der Waals surface area contributed by atoms with Crippen LogP contribution in [0.3, 0.4) is 0 Å². The molecule has 1 aliphatic rings. The third-order valence-corrected chi connectivity index (χ3v) is 6.78. The Morgan fingerprint density at radius 3 is 2.90 bits per heavy atom. The van der Waals surface area contributed by atoms with Crippen molar-refractivity contribution in [3.05, 3.63) is 70.2 Å². The first kappa shape index (κ1) is 19.8. The van der Waals surface area contributed by atoms with Crippen LogP contribution in [0, 0.1) is 0 Å². The number of carbonyl (C=O) groups is 1. The number of benzene rings is 2. The number of aliphatic imine (C=N–C) groups is 1. The van der Waals surface area contributed by atoms with Crippen LogP contribution in [0.25, 0.3) is 11.1 Å². The van der Waals surface area contributed by atoms with E-state index in [9.17, 15) is 9.59 Å². The maximum absolute atomic E-state index is 12.5. The third kappa shape index (κ3) is 4.76. The number of thioether (sulfide) groups is 2. The van der Waals surface area contributed by atoms with Crippen molar-refractivity contribution in [1.29, 1.82) is 0 Å². The monoisotopic (exact) mass is 428 g/mol. The lowest BCUT2D eigenvalue weighted by atomic mass is 10.1. The van der Waals surface area contributed by atoms with Crippen molar-refractivity contribution >= 4 is 45.0 Å². The van der Waals surface area contributed by atoms with Crippen molar-refractivity contribution in [3.8, 4) is 0 Å². The highest BCUT2D eigenvalue weighted by Gasteiger charge is 2.15. The van der Waals surface area contributed by atoms with E-state index in [1.807, 2.05) is 36.4 Å². The van der Waals surface area contributed by atoms with Crippen molar-refractivity contribution < 1.29 is 13.9 Å². The van der Waals surface area contributed by atoms with E-state index >= 15 is 0 Å². The molecule has 0 N–H and O–H groups in total. The molecule has 2 heterocycles. The minimum absolute atomic E-state index is 0.231. The lowest BCUT2D eigenvalue weighted by Crippen LogP contribution is -2.16. The van der Waals surface area contributed by atoms with Gasteiger partial charge in [0.1, 0.15) is 4.38 Å². The summed E-state index contributed by atoms with van der Waals surface area (Å²) in [6, 6.07) is 14.8. The summed E-state index contributed by atoms with van der Waals surface area (Å²) in [5.41, 5.74) is 2.83. The van der Waals surface area contributed by atoms with E-state index in [4.69, 9.17) is 9.15 Å². The SMILES string of the molecule is O=C(OCCCn1c(=O)oc2ccccc21)c1ccccc1CSC1=NCCS1. The van der Waals surface area contributed by atoms with Crippen LogP contribution in [0.2, 0.25) is 0 Å². The Hall–Kier alpha value is -2.45. The van der Waals surface area contributed by atoms with Gasteiger partial charge in [0.05, 0.1) is 24.2 Å². The second-order valence-electron chi connectivity index (χ2n) is 6.42. The number of aryl methyl sites for hydroxylation is 1. The Labute approximate surface area is 176 Å². The van der Waals surface area contributed by atoms with Gasteiger partial charge in [-0.15, -0.1) is 0 Å². The first-order valence-corrected chi connectivity index (χ1v) is 11.3. The van der Waals surface area contributed by atoms with Gasteiger partial charge in [-0.3, -0.25) is 9.56 Å². The number of para-hydroxylation sites is 2. The van der Waals surface area contributed by atoms with Crippen LogP contribution in [0.5, 0.6) is 0 Å². The van der Waals surface area contributed by atoms with Crippen molar-refractivity contribution in [2.75, 3.05) is 18.9 Å². The van der Waals surface area contributed by atoms with Gasteiger partial charge < -0.3 is 9.15 Å². The molecule has 4 rings (SSSR count). The predicted molar refractivity (Wildman–Crippen MR) is 118 cm³/mol. The molecule has 0 fully saturated rings. The number of esters is 1. The molecule has 0 bridgehead atoms. The second-order valence-corrected chi connectivity index (χ2v) is 8.72. The van der Waals surface area contributed by atoms with Gasteiger partial charge in [0.15, 0.2) is 5.58 Å². The van der Waals surface area contributed by atoms with E-state index in [0.717, 1.165) is 27.8 Å². The number of hydrogen-bond donors (Lipinski definition) is 0. The number of rotatable bonds is 7. The lowest BCUT2D eigenvalue weighted by Gasteiger charge is -2.09. The molecular formula is C21H20N2O4S2. The molecule has 0 radical (unpaired) electrons. The summed E-state index contributed by atoms with van der Waals surface area (Å²) >= 11 is 3.41. The molecule has 0 saturated carbocycles. The molecule has 2 aromatic carbocycles. The predicted octanol–water partition coefficient (Wildman–Crippen LogP) is 4.18. The fraction of sp³-hybridized carbons (Fsp3) is 0.286. The quantitative estimate of drug-likeness (QED) is 0.415. The fourth-order valence-corrected chi connectivity index (χ4v) is 5.09. The van der Waals surface area contributed by atoms with Gasteiger partial charge in [-0.05, 0) is 30.2 Å². The van der Waals surface area contributed by atoms with Crippen LogP contribution in [-0.2, 0) is 17.0 Å². The van der Waals surface area contributed by atoms with Crippen molar-refractivity contribution in [1.82, 2.24) is 4.57 Å². The maximum atomic E-state index is 12.5. The normalized spacial score (nSPS) is 13.6. The van der Waals surface area contributed by atoms with Crippen LogP contribution < -0.4 is 5.76 Å². The van der Waals surface area contributed by atoms with Gasteiger partial charge >= 0.3 is 11.7 Å². The molecule has 150 valence electrons. The summed E-state index contributed by atoms with van der Waals surface area (Å²) in [6.45, 7) is 1.53. The summed E-state index contributed by atoms with van der Waals surface area (Å²) in [7, 11) is 0. The number of carbonyl (C=O) groups excluding carboxylic acids is 1. The zero-order valence-electron chi connectivity index (χ0n) is 15.7. The van der Waals surface area contributed by atoms with Crippen LogP contribution in [-0.4, -0.2) is 33.8 Å². The average Bonchev–Trinajstić information content (AvgIpc) is 3.37. The van der Waals surface area contributed by atoms with Gasteiger partial charge in [0, 0.05) is 18.1 Å². The number of ether oxygens (including phenoxy) is 1. The standard InChI is InChI=1S/C21H20N2O4S2/c24-19(16-7-2-1-6-15(16)14-29-20-22-10-13-28-20)26-12-5-11-23-17-8-3-4-9-18(17)27-21(23)25/h1-4,6-9H,5,10-14H2. The molecule has 0 aliphatic carbocycles. The van der Waals surface area contributed by atoms with Crippen molar-refractivity contribution in [2.45, 2.75) is 18.7 Å². The Morgan fingerprint density at radius 2 is 2.03 bits per heavy atom. The first-order valence-electron chi connectivity index (χ1n) is 9.36. The smallest absolute Gasteiger partial charge is 0.419 e. The molecule has 0 unspecified atom stereocenters. The largest absolute Gasteiger partial charge is 0.462 e. The zero-order chi connectivity index (χ0) is 20.1. The van der Waals surface area contributed by atoms with Crippen LogP contribution >= 0.6 is 23.5 Å². The van der Waals surface area contributed by atoms with Crippen LogP contribution in [0.15, 0.2) is 62.7 Å². The Bertz CT molecular complexity index is 1100. The highest BCUT2D eigenvalue weighted by molar-refractivity contribution is 8.38. The number of hydrogen-bond acceptors (Lipinski definition) is 7. The zero-order valence-corrected chi connectivity index (χ0v) is 17.3. The molecule has 0 saturated heterocycles. The third-order valence-electron chi connectivity index (χ3n) is 4.48. The van der Waals surface area contributed by atoms with E-state index in [2.05, 4.69) is 4.99 Å². The minimum Gasteiger partial charge on any atom is -0.462 e. The van der Waals surface area contributed by atoms with Crippen LogP contribution in [0.4, 0.5) is 0 Å².